The molecule has 1 unspecified atom stereocenters. The predicted molar refractivity (Wildman–Crippen MR) is 88.7 cm³/mol. The molecule has 1 aromatic heterocycles. The zero-order chi connectivity index (χ0) is 15.5. The first-order valence-electron chi connectivity index (χ1n) is 8.21. The lowest BCUT2D eigenvalue weighted by Gasteiger charge is -2.19. The van der Waals surface area contributed by atoms with Gasteiger partial charge in [-0.15, -0.1) is 0 Å². The molecule has 4 heteroatoms. The van der Waals surface area contributed by atoms with E-state index in [4.69, 9.17) is 0 Å². The second-order valence-corrected chi connectivity index (χ2v) is 5.45. The summed E-state index contributed by atoms with van der Waals surface area (Å²) in [6.45, 7) is 7.30. The molecule has 0 saturated heterocycles. The molecule has 118 valence electrons. The average Bonchev–Trinajstić information content (AvgIpc) is 2.51. The Kier molecular flexibility index (Phi) is 8.48. The Balaban J connectivity index is 2.72. The van der Waals surface area contributed by atoms with Gasteiger partial charge in [0.1, 0.15) is 0 Å². The van der Waals surface area contributed by atoms with Gasteiger partial charge in [-0.1, -0.05) is 40.0 Å². The third kappa shape index (κ3) is 6.15. The number of unbranched alkanes of at least 4 members (excludes halogenated alkanes) is 1. The molecule has 0 aromatic carbocycles. The van der Waals surface area contributed by atoms with Crippen molar-refractivity contribution < 1.29 is 4.79 Å². The van der Waals surface area contributed by atoms with E-state index < -0.39 is 0 Å². The van der Waals surface area contributed by atoms with Crippen LogP contribution in [-0.4, -0.2) is 23.5 Å². The summed E-state index contributed by atoms with van der Waals surface area (Å²) in [7, 11) is 0. The van der Waals surface area contributed by atoms with Gasteiger partial charge in [0.05, 0.1) is 11.3 Å². The van der Waals surface area contributed by atoms with Crippen LogP contribution in [0.4, 0.5) is 5.69 Å². The molecule has 21 heavy (non-hydrogen) atoms. The molecular weight excluding hydrogens is 262 g/mol. The summed E-state index contributed by atoms with van der Waals surface area (Å²) < 4.78 is 0. The SMILES string of the molecule is CCCCC(CCC)NC(=O)c1cnccc1NCCC. The molecule has 0 aliphatic rings. The fourth-order valence-corrected chi connectivity index (χ4v) is 2.34. The van der Waals surface area contributed by atoms with Gasteiger partial charge in [0, 0.05) is 25.0 Å². The van der Waals surface area contributed by atoms with Crippen molar-refractivity contribution in [3.05, 3.63) is 24.0 Å². The fraction of sp³-hybridized carbons (Fsp3) is 0.647. The van der Waals surface area contributed by atoms with Gasteiger partial charge >= 0.3 is 0 Å². The maximum atomic E-state index is 12.5. The molecular formula is C17H29N3O. The maximum Gasteiger partial charge on any atom is 0.255 e. The average molecular weight is 291 g/mol. The van der Waals surface area contributed by atoms with Crippen LogP contribution in [0.25, 0.3) is 0 Å². The molecule has 1 heterocycles. The first kappa shape index (κ1) is 17.5. The minimum Gasteiger partial charge on any atom is -0.384 e. The summed E-state index contributed by atoms with van der Waals surface area (Å²) in [5.74, 6) is -0.0174. The Morgan fingerprint density at radius 2 is 2.00 bits per heavy atom. The predicted octanol–water partition coefficient (Wildman–Crippen LogP) is 3.99. The highest BCUT2D eigenvalue weighted by molar-refractivity contribution is 5.99. The van der Waals surface area contributed by atoms with Gasteiger partial charge in [-0.2, -0.15) is 0 Å². The molecule has 2 N–H and O–H groups in total. The largest absolute Gasteiger partial charge is 0.384 e. The quantitative estimate of drug-likeness (QED) is 0.685. The fourth-order valence-electron chi connectivity index (χ4n) is 2.34. The minimum absolute atomic E-state index is 0.0174. The topological polar surface area (TPSA) is 54.0 Å². The zero-order valence-corrected chi connectivity index (χ0v) is 13.6. The summed E-state index contributed by atoms with van der Waals surface area (Å²) in [5, 5.41) is 6.46. The van der Waals surface area contributed by atoms with E-state index in [9.17, 15) is 4.79 Å². The number of hydrogen-bond donors (Lipinski definition) is 2. The number of aromatic nitrogens is 1. The number of nitrogens with zero attached hydrogens (tertiary/aromatic N) is 1. The normalized spacial score (nSPS) is 12.0. The highest BCUT2D eigenvalue weighted by Gasteiger charge is 2.15. The molecule has 0 aliphatic heterocycles. The van der Waals surface area contributed by atoms with Gasteiger partial charge in [-0.05, 0) is 25.3 Å². The number of pyridine rings is 1. The Morgan fingerprint density at radius 3 is 2.67 bits per heavy atom. The van der Waals surface area contributed by atoms with Crippen molar-refractivity contribution in [1.29, 1.82) is 0 Å². The Morgan fingerprint density at radius 1 is 1.19 bits per heavy atom. The molecule has 0 bridgehead atoms. The molecule has 1 atom stereocenters. The Hall–Kier alpha value is -1.58. The smallest absolute Gasteiger partial charge is 0.255 e. The lowest BCUT2D eigenvalue weighted by Crippen LogP contribution is -2.35. The molecule has 1 rings (SSSR count). The van der Waals surface area contributed by atoms with E-state index in [1.165, 1.54) is 0 Å². The molecule has 1 aromatic rings. The van der Waals surface area contributed by atoms with Crippen LogP contribution in [0.5, 0.6) is 0 Å². The van der Waals surface area contributed by atoms with E-state index in [-0.39, 0.29) is 11.9 Å². The molecule has 4 nitrogen and oxygen atoms in total. The number of nitrogens with one attached hydrogen (secondary N) is 2. The third-order valence-corrected chi connectivity index (χ3v) is 3.51. The molecule has 1 amide bonds. The van der Waals surface area contributed by atoms with Gasteiger partial charge in [0.15, 0.2) is 0 Å². The molecule has 0 saturated carbocycles. The molecule has 0 aliphatic carbocycles. The van der Waals surface area contributed by atoms with E-state index in [2.05, 4.69) is 36.4 Å². The van der Waals surface area contributed by atoms with Crippen molar-refractivity contribution in [1.82, 2.24) is 10.3 Å². The summed E-state index contributed by atoms with van der Waals surface area (Å²) in [6, 6.07) is 2.13. The van der Waals surface area contributed by atoms with Crippen molar-refractivity contribution >= 4 is 11.6 Å². The van der Waals surface area contributed by atoms with Crippen molar-refractivity contribution in [2.24, 2.45) is 0 Å². The van der Waals surface area contributed by atoms with Crippen LogP contribution in [0.3, 0.4) is 0 Å². The highest BCUT2D eigenvalue weighted by atomic mass is 16.1. The lowest BCUT2D eigenvalue weighted by molar-refractivity contribution is 0.0932. The molecule has 0 spiro atoms. The standard InChI is InChI=1S/C17H29N3O/c1-4-7-9-14(8-5-2)20-17(21)15-13-18-12-10-16(15)19-11-6-3/h10,12-14H,4-9,11H2,1-3H3,(H,18,19)(H,20,21). The number of carbonyl (C=O) groups is 1. The number of amides is 1. The first-order chi connectivity index (χ1) is 10.2. The summed E-state index contributed by atoms with van der Waals surface area (Å²) in [6.07, 6.45) is 9.87. The Bertz CT molecular complexity index is 420. The van der Waals surface area contributed by atoms with E-state index >= 15 is 0 Å². The summed E-state index contributed by atoms with van der Waals surface area (Å²) >= 11 is 0. The van der Waals surface area contributed by atoms with Crippen LogP contribution in [0.2, 0.25) is 0 Å². The number of hydrogen-bond acceptors (Lipinski definition) is 3. The van der Waals surface area contributed by atoms with Crippen molar-refractivity contribution in [3.63, 3.8) is 0 Å². The molecule has 0 fully saturated rings. The number of carbonyl (C=O) groups excluding carboxylic acids is 1. The monoisotopic (exact) mass is 291 g/mol. The van der Waals surface area contributed by atoms with Gasteiger partial charge in [-0.3, -0.25) is 9.78 Å². The van der Waals surface area contributed by atoms with Gasteiger partial charge in [0.2, 0.25) is 0 Å². The van der Waals surface area contributed by atoms with Crippen LogP contribution >= 0.6 is 0 Å². The van der Waals surface area contributed by atoms with Gasteiger partial charge in [-0.25, -0.2) is 0 Å². The summed E-state index contributed by atoms with van der Waals surface area (Å²) in [5.41, 5.74) is 1.51. The van der Waals surface area contributed by atoms with Crippen LogP contribution < -0.4 is 10.6 Å². The zero-order valence-electron chi connectivity index (χ0n) is 13.6. The van der Waals surface area contributed by atoms with E-state index in [0.29, 0.717) is 5.56 Å². The van der Waals surface area contributed by atoms with Crippen molar-refractivity contribution in [2.45, 2.75) is 65.3 Å². The highest BCUT2D eigenvalue weighted by Crippen LogP contribution is 2.15. The maximum absolute atomic E-state index is 12.5. The van der Waals surface area contributed by atoms with Gasteiger partial charge < -0.3 is 10.6 Å². The third-order valence-electron chi connectivity index (χ3n) is 3.51. The van der Waals surface area contributed by atoms with Gasteiger partial charge in [0.25, 0.3) is 5.91 Å². The second-order valence-electron chi connectivity index (χ2n) is 5.45. The van der Waals surface area contributed by atoms with Crippen LogP contribution in [-0.2, 0) is 0 Å². The van der Waals surface area contributed by atoms with Crippen LogP contribution in [0.15, 0.2) is 18.5 Å². The van der Waals surface area contributed by atoms with Crippen molar-refractivity contribution in [3.8, 4) is 0 Å². The van der Waals surface area contributed by atoms with Crippen LogP contribution in [0, 0.1) is 0 Å². The first-order valence-corrected chi connectivity index (χ1v) is 8.21. The van der Waals surface area contributed by atoms with Crippen molar-refractivity contribution in [2.75, 3.05) is 11.9 Å². The Labute approximate surface area is 128 Å². The number of rotatable bonds is 10. The molecule has 0 radical (unpaired) electrons. The van der Waals surface area contributed by atoms with E-state index in [1.54, 1.807) is 12.4 Å². The van der Waals surface area contributed by atoms with E-state index in [0.717, 1.165) is 50.8 Å². The second kappa shape index (κ2) is 10.2. The minimum atomic E-state index is -0.0174. The van der Waals surface area contributed by atoms with Crippen LogP contribution in [0.1, 0.15) is 69.7 Å². The van der Waals surface area contributed by atoms with E-state index in [1.807, 2.05) is 6.07 Å². The summed E-state index contributed by atoms with van der Waals surface area (Å²) in [4.78, 5) is 16.6. The lowest BCUT2D eigenvalue weighted by atomic mass is 10.0. The number of anilines is 1.